The molecule has 0 aromatic carbocycles. The molecule has 0 aromatic rings. The number of hydrogen-bond donors (Lipinski definition) is 16. The summed E-state index contributed by atoms with van der Waals surface area (Å²) < 4.78 is 0. The molecule has 14 atom stereocenters. The Labute approximate surface area is 508 Å². The topological polar surface area (TPSA) is 507 Å². The average Bonchev–Trinajstić information content (AvgIpc) is 1.69. The van der Waals surface area contributed by atoms with Gasteiger partial charge in [-0.1, -0.05) is 66.7 Å². The number of aliphatic hydroxyl groups is 1. The van der Waals surface area contributed by atoms with Crippen LogP contribution in [0.15, 0.2) is 24.3 Å². The zero-order chi connectivity index (χ0) is 67.0. The summed E-state index contributed by atoms with van der Waals surface area (Å²) in [7, 11) is 0. The fourth-order valence-corrected chi connectivity index (χ4v) is 9.25. The maximum Gasteiger partial charge on any atom is 0.335 e. The van der Waals surface area contributed by atoms with Crippen LogP contribution >= 0.6 is 0 Å². The SMILES string of the molecule is CC(C)CC/C=C\C=C\C(=O)N[C@H](C(=O)N[C@@H]1C(=O)N[C@H](C(C)C)C(=O)N[C@@H](CCCCN)C(=O)N[C@@H](C(O)C(=O)O)C(=O)N[C@@H](CC(=O)O)C(=O)NCC(=O)N[C@H]([C@H](C)C(=O)O)C(=O)N[C@@H](C(C)C)C(=O)N2C[C@H](C)C[C@H]2C(=O)NC1C)[C@H](C)C(=O)O. The first kappa shape index (κ1) is 75.5. The van der Waals surface area contributed by atoms with Crippen molar-refractivity contribution < 1.29 is 97.5 Å². The van der Waals surface area contributed by atoms with Gasteiger partial charge >= 0.3 is 23.9 Å². The van der Waals surface area contributed by atoms with Gasteiger partial charge in [-0.25, -0.2) is 4.79 Å². The van der Waals surface area contributed by atoms with Crippen molar-refractivity contribution in [1.82, 2.24) is 58.1 Å². The lowest BCUT2D eigenvalue weighted by Gasteiger charge is -2.34. The van der Waals surface area contributed by atoms with Crippen LogP contribution < -0.4 is 58.9 Å². The van der Waals surface area contributed by atoms with Crippen LogP contribution in [0.2, 0.25) is 0 Å². The normalized spacial score (nSPS) is 25.9. The molecule has 0 spiro atoms. The second kappa shape index (κ2) is 35.9. The summed E-state index contributed by atoms with van der Waals surface area (Å²) in [6.07, 6.45) is 3.09. The van der Waals surface area contributed by atoms with Crippen molar-refractivity contribution in [2.24, 2.45) is 41.2 Å². The summed E-state index contributed by atoms with van der Waals surface area (Å²) in [5.41, 5.74) is 5.69. The van der Waals surface area contributed by atoms with Gasteiger partial charge in [-0.15, -0.1) is 0 Å². The summed E-state index contributed by atoms with van der Waals surface area (Å²) in [5, 5.41) is 73.1. The maximum atomic E-state index is 14.8. The molecule has 2 saturated heterocycles. The van der Waals surface area contributed by atoms with Crippen molar-refractivity contribution >= 4 is 88.9 Å². The lowest BCUT2D eigenvalue weighted by Crippen LogP contribution is -2.65. The van der Waals surface area contributed by atoms with Crippen molar-refractivity contribution in [2.45, 2.75) is 181 Å². The van der Waals surface area contributed by atoms with Gasteiger partial charge in [-0.3, -0.25) is 67.1 Å². The van der Waals surface area contributed by atoms with Crippen LogP contribution in [-0.4, -0.2) is 205 Å². The number of carbonyl (C=O) groups is 15. The second-order valence-corrected chi connectivity index (χ2v) is 23.1. The number of allylic oxidation sites excluding steroid dienone is 3. The van der Waals surface area contributed by atoms with Gasteiger partial charge in [0.05, 0.1) is 30.8 Å². The third-order valence-electron chi connectivity index (χ3n) is 14.6. The Balaban J connectivity index is 2.97. The Kier molecular flexibility index (Phi) is 30.8. The van der Waals surface area contributed by atoms with E-state index in [0.717, 1.165) is 31.2 Å². The van der Waals surface area contributed by atoms with Gasteiger partial charge < -0.3 is 89.3 Å². The number of unbranched alkanes of at least 4 members (excludes halogenated alkanes) is 1. The van der Waals surface area contributed by atoms with E-state index >= 15 is 0 Å². The molecule has 492 valence electrons. The number of fused-ring (bicyclic) bond motifs is 1. The molecule has 0 saturated carbocycles. The summed E-state index contributed by atoms with van der Waals surface area (Å²) >= 11 is 0. The number of rotatable bonds is 22. The largest absolute Gasteiger partial charge is 0.481 e. The number of nitrogens with two attached hydrogens (primary N) is 1. The number of nitrogens with one attached hydrogen (secondary N) is 10. The van der Waals surface area contributed by atoms with E-state index in [0.29, 0.717) is 12.3 Å². The van der Waals surface area contributed by atoms with Gasteiger partial charge in [0.15, 0.2) is 6.10 Å². The van der Waals surface area contributed by atoms with Crippen molar-refractivity contribution in [3.05, 3.63) is 24.3 Å². The second-order valence-electron chi connectivity index (χ2n) is 23.1. The Hall–Kier alpha value is -8.55. The summed E-state index contributed by atoms with van der Waals surface area (Å²) in [4.78, 5) is 205. The first-order valence-electron chi connectivity index (χ1n) is 29.0. The maximum absolute atomic E-state index is 14.8. The fourth-order valence-electron chi connectivity index (χ4n) is 9.25. The van der Waals surface area contributed by atoms with Crippen molar-refractivity contribution in [2.75, 3.05) is 19.6 Å². The third-order valence-corrected chi connectivity index (χ3v) is 14.6. The number of carboxylic acids is 4. The number of aliphatic carboxylic acids is 4. The summed E-state index contributed by atoms with van der Waals surface area (Å²) in [5.74, 6) is -25.6. The number of amides is 11. The molecule has 2 fully saturated rings. The molecule has 11 amide bonds. The third kappa shape index (κ3) is 23.6. The molecular weight excluding hydrogens is 1160 g/mol. The zero-order valence-electron chi connectivity index (χ0n) is 51.1. The smallest absolute Gasteiger partial charge is 0.335 e. The molecule has 0 bridgehead atoms. The van der Waals surface area contributed by atoms with Crippen molar-refractivity contribution in [1.29, 1.82) is 0 Å². The Morgan fingerprint density at radius 2 is 1.23 bits per heavy atom. The van der Waals surface area contributed by atoms with Crippen LogP contribution in [-0.2, 0) is 71.9 Å². The minimum Gasteiger partial charge on any atom is -0.481 e. The van der Waals surface area contributed by atoms with Crippen LogP contribution in [0.4, 0.5) is 0 Å². The molecule has 2 rings (SSSR count). The van der Waals surface area contributed by atoms with Crippen LogP contribution in [0, 0.1) is 35.5 Å². The highest BCUT2D eigenvalue weighted by Crippen LogP contribution is 2.26. The predicted octanol–water partition coefficient (Wildman–Crippen LogP) is -3.91. The van der Waals surface area contributed by atoms with Crippen LogP contribution in [0.5, 0.6) is 0 Å². The summed E-state index contributed by atoms with van der Waals surface area (Å²) in [6.45, 7) is 13.8. The van der Waals surface area contributed by atoms with Crippen molar-refractivity contribution in [3.63, 3.8) is 0 Å². The van der Waals surface area contributed by atoms with Gasteiger partial charge in [0, 0.05) is 12.6 Å². The minimum absolute atomic E-state index is 0.0277. The molecule has 2 aliphatic rings. The molecule has 0 aliphatic carbocycles. The number of carboxylic acid groups (broad SMARTS) is 4. The number of hydrogen-bond acceptors (Lipinski definition) is 17. The number of nitrogens with zero attached hydrogens (tertiary/aromatic N) is 1. The Bertz CT molecular complexity index is 2630. The van der Waals surface area contributed by atoms with E-state index in [1.54, 1.807) is 19.1 Å². The Morgan fingerprint density at radius 3 is 1.78 bits per heavy atom. The first-order valence-corrected chi connectivity index (χ1v) is 29.0. The Morgan fingerprint density at radius 1 is 0.648 bits per heavy atom. The van der Waals surface area contributed by atoms with Crippen LogP contribution in [0.25, 0.3) is 0 Å². The minimum atomic E-state index is -2.84. The van der Waals surface area contributed by atoms with Crippen LogP contribution in [0.3, 0.4) is 0 Å². The quantitative estimate of drug-likeness (QED) is 0.0280. The molecule has 88 heavy (non-hydrogen) atoms. The van der Waals surface area contributed by atoms with E-state index in [2.05, 4.69) is 37.2 Å². The highest BCUT2D eigenvalue weighted by molar-refractivity contribution is 6.02. The van der Waals surface area contributed by atoms with Gasteiger partial charge in [0.2, 0.25) is 65.0 Å². The monoisotopic (exact) mass is 1250 g/mol. The highest BCUT2D eigenvalue weighted by Gasteiger charge is 2.45. The number of carbonyl (C=O) groups excluding carboxylic acids is 11. The molecule has 17 N–H and O–H groups in total. The lowest BCUT2D eigenvalue weighted by molar-refractivity contribution is -0.153. The average molecular weight is 1250 g/mol. The first-order chi connectivity index (χ1) is 41.0. The number of aliphatic hydroxyl groups excluding tert-OH is 1. The zero-order valence-corrected chi connectivity index (χ0v) is 51.1. The van der Waals surface area contributed by atoms with E-state index in [-0.39, 0.29) is 38.8 Å². The van der Waals surface area contributed by atoms with Gasteiger partial charge in [0.1, 0.15) is 54.4 Å². The van der Waals surface area contributed by atoms with Crippen molar-refractivity contribution in [3.8, 4) is 0 Å². The molecule has 0 aromatic heterocycles. The van der Waals surface area contributed by atoms with E-state index in [4.69, 9.17) is 5.73 Å². The molecule has 32 nitrogen and oxygen atoms in total. The van der Waals surface area contributed by atoms with E-state index in [1.165, 1.54) is 40.7 Å². The molecule has 2 unspecified atom stereocenters. The van der Waals surface area contributed by atoms with Crippen LogP contribution in [0.1, 0.15) is 114 Å². The van der Waals surface area contributed by atoms with Gasteiger partial charge in [-0.2, -0.15) is 0 Å². The van der Waals surface area contributed by atoms with E-state index in [1.807, 2.05) is 29.8 Å². The fraction of sp³-hybridized carbons (Fsp3) is 0.661. The standard InChI is InChI=1S/C56H88N12O20/c1-25(2)17-13-11-12-14-19-35(69)62-40(29(8)54(83)84)50(79)66-42-31(10)59-47(76)34-21-28(7)24-68(34)53(82)39(27(5)6)65-49(78)41(30(9)55(85)86)63-36(70)23-58-45(74)33(22-37(71)72)61-52(81)43(44(73)56(87)88)67-46(75)32(18-15-16-20-57)60-48(77)38(26(3)4)64-51(42)80/h11-12,14,19,25-34,38-44,73H,13,15-18,20-24,57H2,1-10H3,(H,58,74)(H,59,76)(H,60,77)(H,61,81)(H,62,69)(H,63,70)(H,64,80)(H,65,78)(H,66,79)(H,67,75)(H,71,72)(H,83,84)(H,85,86)(H,87,88)/b12-11-,19-14+/t28-,29+,30+,31?,32+,33+,34+,38-,39+,40+,41-,42+,43+,44?/m1/s1. The van der Waals surface area contributed by atoms with E-state index in [9.17, 15) is 97.5 Å². The van der Waals surface area contributed by atoms with Gasteiger partial charge in [0.25, 0.3) is 0 Å². The lowest BCUT2D eigenvalue weighted by atomic mass is 9.97. The molecule has 2 heterocycles. The molecular formula is C56H88N12O20. The van der Waals surface area contributed by atoms with Gasteiger partial charge in [-0.05, 0) is 89.5 Å². The predicted molar refractivity (Wildman–Crippen MR) is 310 cm³/mol. The van der Waals surface area contributed by atoms with E-state index < -0.39 is 198 Å². The molecule has 0 radical (unpaired) electrons. The molecule has 32 heteroatoms. The summed E-state index contributed by atoms with van der Waals surface area (Å²) in [6, 6.07) is -18.6. The molecule has 2 aliphatic heterocycles. The highest BCUT2D eigenvalue weighted by atomic mass is 16.4.